The van der Waals surface area contributed by atoms with Crippen LogP contribution in [0.2, 0.25) is 0 Å². The van der Waals surface area contributed by atoms with Crippen molar-refractivity contribution in [3.05, 3.63) is 54.0 Å². The summed E-state index contributed by atoms with van der Waals surface area (Å²) in [5, 5.41) is 6.74. The Balaban J connectivity index is 0.00000341. The molecule has 0 aliphatic carbocycles. The first kappa shape index (κ1) is 25.7. The smallest absolute Gasteiger partial charge is 0.191 e. The maximum atomic E-state index is 11.6. The number of guanidine groups is 1. The highest BCUT2D eigenvalue weighted by Crippen LogP contribution is 2.24. The molecule has 0 spiro atoms. The van der Waals surface area contributed by atoms with Crippen molar-refractivity contribution < 1.29 is 12.8 Å². The molecule has 31 heavy (non-hydrogen) atoms. The molecule has 2 aromatic rings. The highest BCUT2D eigenvalue weighted by Gasteiger charge is 2.24. The predicted molar refractivity (Wildman–Crippen MR) is 135 cm³/mol. The van der Waals surface area contributed by atoms with E-state index in [0.29, 0.717) is 18.0 Å². The van der Waals surface area contributed by atoms with Crippen LogP contribution < -0.4 is 10.6 Å². The number of hydrogen-bond acceptors (Lipinski definition) is 5. The molecule has 2 heterocycles. The zero-order valence-corrected chi connectivity index (χ0v) is 21.4. The summed E-state index contributed by atoms with van der Waals surface area (Å²) in [7, 11) is -3.18. The third kappa shape index (κ3) is 7.80. The van der Waals surface area contributed by atoms with Crippen LogP contribution in [0.4, 0.5) is 0 Å². The highest BCUT2D eigenvalue weighted by molar-refractivity contribution is 14.0. The van der Waals surface area contributed by atoms with Crippen molar-refractivity contribution >= 4 is 39.8 Å². The Bertz CT molecular complexity index is 909. The topological polar surface area (TPSA) is 86.9 Å². The third-order valence-electron chi connectivity index (χ3n) is 5.28. The molecule has 9 heteroatoms. The number of nitrogens with one attached hydrogen (secondary N) is 2. The molecule has 7 nitrogen and oxygen atoms in total. The molecule has 0 radical (unpaired) electrons. The number of hydrogen-bond donors (Lipinski definition) is 2. The molecule has 172 valence electrons. The van der Waals surface area contributed by atoms with Crippen LogP contribution in [0.15, 0.2) is 57.0 Å². The van der Waals surface area contributed by atoms with Crippen molar-refractivity contribution in [2.24, 2.45) is 4.99 Å². The number of likely N-dealkylation sites (tertiary alicyclic amines) is 1. The maximum absolute atomic E-state index is 11.6. The van der Waals surface area contributed by atoms with Gasteiger partial charge in [-0.3, -0.25) is 4.90 Å². The lowest BCUT2D eigenvalue weighted by atomic mass is 10.1. The monoisotopic (exact) mass is 560 g/mol. The average Bonchev–Trinajstić information content (AvgIpc) is 3.27. The van der Waals surface area contributed by atoms with Gasteiger partial charge in [0.25, 0.3) is 0 Å². The molecule has 1 saturated heterocycles. The number of benzene rings is 1. The van der Waals surface area contributed by atoms with Crippen LogP contribution in [0.5, 0.6) is 0 Å². The van der Waals surface area contributed by atoms with Gasteiger partial charge in [-0.2, -0.15) is 0 Å². The minimum Gasteiger partial charge on any atom is -0.468 e. The molecule has 1 aliphatic rings. The quantitative estimate of drug-likeness (QED) is 0.292. The number of piperidine rings is 1. The first-order valence-corrected chi connectivity index (χ1v) is 12.4. The van der Waals surface area contributed by atoms with Gasteiger partial charge < -0.3 is 15.1 Å². The van der Waals surface area contributed by atoms with E-state index in [1.807, 2.05) is 31.2 Å². The molecular formula is C22H33IN4O3S. The molecule has 2 N–H and O–H groups in total. The van der Waals surface area contributed by atoms with Crippen molar-refractivity contribution in [1.82, 2.24) is 15.5 Å². The first-order chi connectivity index (χ1) is 14.5. The fourth-order valence-corrected chi connectivity index (χ4v) is 4.30. The fourth-order valence-electron chi connectivity index (χ4n) is 3.67. The van der Waals surface area contributed by atoms with Crippen molar-refractivity contribution in [3.8, 4) is 0 Å². The molecule has 1 aromatic carbocycles. The summed E-state index contributed by atoms with van der Waals surface area (Å²) in [5.41, 5.74) is 0.957. The van der Waals surface area contributed by atoms with Gasteiger partial charge in [-0.25, -0.2) is 13.4 Å². The van der Waals surface area contributed by atoms with E-state index in [-0.39, 0.29) is 30.0 Å². The molecule has 1 fully saturated rings. The summed E-state index contributed by atoms with van der Waals surface area (Å²) < 4.78 is 28.9. The van der Waals surface area contributed by atoms with E-state index in [0.717, 1.165) is 36.9 Å². The second-order valence-electron chi connectivity index (χ2n) is 7.62. The van der Waals surface area contributed by atoms with Gasteiger partial charge in [0.1, 0.15) is 5.76 Å². The normalized spacial score (nSPS) is 16.4. The van der Waals surface area contributed by atoms with Gasteiger partial charge in [0.15, 0.2) is 15.8 Å². The van der Waals surface area contributed by atoms with E-state index >= 15 is 0 Å². The largest absolute Gasteiger partial charge is 0.468 e. The lowest BCUT2D eigenvalue weighted by molar-refractivity contribution is 0.146. The van der Waals surface area contributed by atoms with E-state index in [2.05, 4.69) is 20.5 Å². The number of aliphatic imine (C=N–C) groups is 1. The number of rotatable bonds is 8. The number of halogens is 1. The molecule has 1 atom stereocenters. The summed E-state index contributed by atoms with van der Waals surface area (Å²) in [6.45, 7) is 6.11. The minimum absolute atomic E-state index is 0. The Labute approximate surface area is 202 Å². The summed E-state index contributed by atoms with van der Waals surface area (Å²) in [6, 6.07) is 11.0. The van der Waals surface area contributed by atoms with Gasteiger partial charge >= 0.3 is 0 Å². The van der Waals surface area contributed by atoms with Gasteiger partial charge in [-0.1, -0.05) is 18.6 Å². The Kier molecular flexibility index (Phi) is 10.3. The zero-order chi connectivity index (χ0) is 21.4. The van der Waals surface area contributed by atoms with Crippen LogP contribution in [0.3, 0.4) is 0 Å². The Hall–Kier alpha value is -1.59. The molecule has 0 bridgehead atoms. The maximum Gasteiger partial charge on any atom is 0.191 e. The Morgan fingerprint density at radius 3 is 2.42 bits per heavy atom. The number of furan rings is 1. The van der Waals surface area contributed by atoms with E-state index in [1.165, 1.54) is 25.5 Å². The summed E-state index contributed by atoms with van der Waals surface area (Å²) in [6.07, 6.45) is 6.66. The van der Waals surface area contributed by atoms with Crippen molar-refractivity contribution in [2.75, 3.05) is 32.4 Å². The van der Waals surface area contributed by atoms with Crippen LogP contribution in [0.1, 0.15) is 43.6 Å². The van der Waals surface area contributed by atoms with Crippen LogP contribution in [0, 0.1) is 0 Å². The third-order valence-corrected chi connectivity index (χ3v) is 6.41. The fraction of sp³-hybridized carbons (Fsp3) is 0.500. The van der Waals surface area contributed by atoms with E-state index < -0.39 is 9.84 Å². The lowest BCUT2D eigenvalue weighted by Crippen LogP contribution is -2.44. The van der Waals surface area contributed by atoms with E-state index in [1.54, 1.807) is 18.4 Å². The molecule has 1 unspecified atom stereocenters. The second kappa shape index (κ2) is 12.4. The second-order valence-corrected chi connectivity index (χ2v) is 9.64. The van der Waals surface area contributed by atoms with Gasteiger partial charge in [-0.05, 0) is 62.7 Å². The molecule has 0 amide bonds. The Morgan fingerprint density at radius 2 is 1.84 bits per heavy atom. The van der Waals surface area contributed by atoms with E-state index in [4.69, 9.17) is 4.42 Å². The SMILES string of the molecule is CCNC(=NCc1ccc(S(C)(=O)=O)cc1)NCC(c1ccco1)N1CCCCC1.I. The summed E-state index contributed by atoms with van der Waals surface area (Å²) >= 11 is 0. The molecule has 3 rings (SSSR count). The standard InChI is InChI=1S/C22H32N4O3S.HI/c1-3-23-22(24-16-18-9-11-19(12-10-18)30(2,27)28)25-17-20(21-8-7-15-29-21)26-13-5-4-6-14-26;/h7-12,15,20H,3-6,13-14,16-17H2,1-2H3,(H2,23,24,25);1H. The van der Waals surface area contributed by atoms with Crippen molar-refractivity contribution in [3.63, 3.8) is 0 Å². The highest BCUT2D eigenvalue weighted by atomic mass is 127. The predicted octanol–water partition coefficient (Wildman–Crippen LogP) is 3.58. The van der Waals surface area contributed by atoms with Crippen LogP contribution in [-0.2, 0) is 16.4 Å². The van der Waals surface area contributed by atoms with Crippen LogP contribution >= 0.6 is 24.0 Å². The van der Waals surface area contributed by atoms with Gasteiger partial charge in [0.2, 0.25) is 0 Å². The van der Waals surface area contributed by atoms with E-state index in [9.17, 15) is 8.42 Å². The zero-order valence-electron chi connectivity index (χ0n) is 18.2. The number of nitrogens with zero attached hydrogens (tertiary/aromatic N) is 2. The first-order valence-electron chi connectivity index (χ1n) is 10.6. The van der Waals surface area contributed by atoms with Crippen molar-refractivity contribution in [2.45, 2.75) is 43.7 Å². The van der Waals surface area contributed by atoms with Crippen LogP contribution in [0.25, 0.3) is 0 Å². The summed E-state index contributed by atoms with van der Waals surface area (Å²) in [4.78, 5) is 7.47. The number of sulfone groups is 1. The molecule has 0 saturated carbocycles. The minimum atomic E-state index is -3.18. The molecule has 1 aliphatic heterocycles. The molecular weight excluding hydrogens is 527 g/mol. The van der Waals surface area contributed by atoms with Gasteiger partial charge in [-0.15, -0.1) is 24.0 Å². The van der Waals surface area contributed by atoms with Crippen LogP contribution in [-0.4, -0.2) is 51.7 Å². The van der Waals surface area contributed by atoms with Gasteiger partial charge in [0.05, 0.1) is 23.7 Å². The summed E-state index contributed by atoms with van der Waals surface area (Å²) in [5.74, 6) is 1.70. The van der Waals surface area contributed by atoms with Gasteiger partial charge in [0, 0.05) is 19.3 Å². The van der Waals surface area contributed by atoms with Crippen molar-refractivity contribution in [1.29, 1.82) is 0 Å². The Morgan fingerprint density at radius 1 is 1.13 bits per heavy atom. The molecule has 1 aromatic heterocycles. The average molecular weight is 561 g/mol. The lowest BCUT2D eigenvalue weighted by Gasteiger charge is -2.33.